The summed E-state index contributed by atoms with van der Waals surface area (Å²) in [4.78, 5) is 16.1. The van der Waals surface area contributed by atoms with Crippen LogP contribution in [0.15, 0.2) is 48.5 Å². The number of rotatable bonds is 7. The van der Waals surface area contributed by atoms with E-state index < -0.39 is 5.97 Å². The normalized spacial score (nSPS) is 11.4. The van der Waals surface area contributed by atoms with Gasteiger partial charge in [-0.05, 0) is 49.9 Å². The van der Waals surface area contributed by atoms with Gasteiger partial charge in [0.15, 0.2) is 0 Å². The Hall–Kier alpha value is -3.15. The molecule has 152 valence electrons. The van der Waals surface area contributed by atoms with Gasteiger partial charge in [-0.1, -0.05) is 49.4 Å². The van der Waals surface area contributed by atoms with Crippen LogP contribution in [0.3, 0.4) is 0 Å². The van der Waals surface area contributed by atoms with Gasteiger partial charge in [-0.2, -0.15) is 4.98 Å². The Morgan fingerprint density at radius 2 is 1.79 bits per heavy atom. The molecule has 0 saturated heterocycles. The summed E-state index contributed by atoms with van der Waals surface area (Å²) in [6.07, 6.45) is 1.51. The van der Waals surface area contributed by atoms with Crippen molar-refractivity contribution in [2.75, 3.05) is 6.61 Å². The average molecular weight is 393 g/mol. The zero-order chi connectivity index (χ0) is 21.0. The molecule has 0 amide bonds. The third-order valence-electron chi connectivity index (χ3n) is 4.51. The molecule has 6 heteroatoms. The maximum absolute atomic E-state index is 11.5. The Morgan fingerprint density at radius 1 is 1.10 bits per heavy atom. The fourth-order valence-electron chi connectivity index (χ4n) is 3.14. The van der Waals surface area contributed by atoms with Gasteiger partial charge in [0.25, 0.3) is 0 Å². The van der Waals surface area contributed by atoms with Crippen LogP contribution in [-0.4, -0.2) is 32.4 Å². The van der Waals surface area contributed by atoms with E-state index in [0.717, 1.165) is 23.4 Å². The molecule has 0 aliphatic rings. The summed E-state index contributed by atoms with van der Waals surface area (Å²) < 4.78 is 7.53. The van der Waals surface area contributed by atoms with Gasteiger partial charge >= 0.3 is 12.0 Å². The number of hydrogen-bond donors (Lipinski definition) is 1. The van der Waals surface area contributed by atoms with Crippen LogP contribution in [0.5, 0.6) is 6.01 Å². The third kappa shape index (κ3) is 4.83. The number of carbonyl (C=O) groups is 1. The van der Waals surface area contributed by atoms with Crippen LogP contribution >= 0.6 is 0 Å². The summed E-state index contributed by atoms with van der Waals surface area (Å²) in [5.41, 5.74) is 2.74. The first-order valence-corrected chi connectivity index (χ1v) is 9.80. The summed E-state index contributed by atoms with van der Waals surface area (Å²) in [6, 6.07) is 15.3. The predicted octanol–water partition coefficient (Wildman–Crippen LogP) is 4.78. The quantitative estimate of drug-likeness (QED) is 0.625. The smallest absolute Gasteiger partial charge is 0.336 e. The Labute approximate surface area is 171 Å². The minimum atomic E-state index is -0.928. The van der Waals surface area contributed by atoms with E-state index in [0.29, 0.717) is 30.2 Å². The van der Waals surface area contributed by atoms with Gasteiger partial charge in [0.05, 0.1) is 17.7 Å². The molecule has 0 unspecified atom stereocenters. The number of hydrogen-bond acceptors (Lipinski definition) is 4. The van der Waals surface area contributed by atoms with E-state index in [2.05, 4.69) is 30.9 Å². The molecule has 0 aliphatic heterocycles. The highest BCUT2D eigenvalue weighted by atomic mass is 16.5. The van der Waals surface area contributed by atoms with Gasteiger partial charge in [-0.25, -0.2) is 9.48 Å². The number of aromatic carboxylic acids is 1. The van der Waals surface area contributed by atoms with E-state index in [1.165, 1.54) is 0 Å². The molecule has 2 aromatic carbocycles. The fraction of sp³-hybridized carbons (Fsp3) is 0.348. The molecule has 6 nitrogen and oxygen atoms in total. The van der Waals surface area contributed by atoms with Crippen molar-refractivity contribution in [2.24, 2.45) is 0 Å². The summed E-state index contributed by atoms with van der Waals surface area (Å²) in [6.45, 7) is 8.89. The highest BCUT2D eigenvalue weighted by Crippen LogP contribution is 2.25. The number of carboxylic acid groups (broad SMARTS) is 1. The molecule has 0 aliphatic carbocycles. The van der Waals surface area contributed by atoms with Gasteiger partial charge in [0.2, 0.25) is 0 Å². The summed E-state index contributed by atoms with van der Waals surface area (Å²) in [5.74, 6) is -0.0927. The monoisotopic (exact) mass is 393 g/mol. The molecular weight excluding hydrogens is 366 g/mol. The fourth-order valence-corrected chi connectivity index (χ4v) is 3.14. The molecule has 1 heterocycles. The van der Waals surface area contributed by atoms with E-state index >= 15 is 0 Å². The van der Waals surface area contributed by atoms with Crippen LogP contribution in [0, 0.1) is 0 Å². The van der Waals surface area contributed by atoms with Crippen LogP contribution in [0.1, 0.15) is 55.9 Å². The van der Waals surface area contributed by atoms with E-state index in [1.807, 2.05) is 48.0 Å². The van der Waals surface area contributed by atoms with Crippen molar-refractivity contribution in [3.05, 3.63) is 65.5 Å². The lowest BCUT2D eigenvalue weighted by Crippen LogP contribution is -2.25. The van der Waals surface area contributed by atoms with Crippen molar-refractivity contribution in [3.63, 3.8) is 0 Å². The maximum atomic E-state index is 11.5. The minimum absolute atomic E-state index is 0.212. The van der Waals surface area contributed by atoms with Gasteiger partial charge in [-0.15, -0.1) is 5.10 Å². The van der Waals surface area contributed by atoms with E-state index in [1.54, 1.807) is 12.1 Å². The first kappa shape index (κ1) is 20.6. The Balaban J connectivity index is 1.87. The zero-order valence-electron chi connectivity index (χ0n) is 17.3. The number of nitrogens with zero attached hydrogens (tertiary/aromatic N) is 3. The van der Waals surface area contributed by atoms with Crippen molar-refractivity contribution in [2.45, 2.75) is 46.1 Å². The molecule has 0 spiro atoms. The van der Waals surface area contributed by atoms with Crippen LogP contribution in [0.2, 0.25) is 0 Å². The summed E-state index contributed by atoms with van der Waals surface area (Å²) in [7, 11) is 0. The Kier molecular flexibility index (Phi) is 6.01. The molecule has 1 aromatic heterocycles. The molecule has 3 rings (SSSR count). The van der Waals surface area contributed by atoms with E-state index in [9.17, 15) is 9.90 Å². The van der Waals surface area contributed by atoms with Crippen molar-refractivity contribution in [3.8, 4) is 17.1 Å². The molecule has 0 saturated carbocycles. The first-order valence-electron chi connectivity index (χ1n) is 9.80. The minimum Gasteiger partial charge on any atom is -0.478 e. The second-order valence-corrected chi connectivity index (χ2v) is 7.97. The highest BCUT2D eigenvalue weighted by molar-refractivity contribution is 5.95. The Bertz CT molecular complexity index is 985. The number of carboxylic acids is 1. The third-order valence-corrected chi connectivity index (χ3v) is 4.51. The molecule has 3 aromatic rings. The maximum Gasteiger partial charge on any atom is 0.336 e. The van der Waals surface area contributed by atoms with Gasteiger partial charge in [0.1, 0.15) is 5.82 Å². The van der Waals surface area contributed by atoms with Gasteiger partial charge in [0, 0.05) is 6.42 Å². The molecule has 0 atom stereocenters. The predicted molar refractivity (Wildman–Crippen MR) is 112 cm³/mol. The lowest BCUT2D eigenvalue weighted by atomic mass is 9.98. The van der Waals surface area contributed by atoms with E-state index in [-0.39, 0.29) is 5.54 Å². The second-order valence-electron chi connectivity index (χ2n) is 7.97. The van der Waals surface area contributed by atoms with Gasteiger partial charge < -0.3 is 9.84 Å². The molecule has 0 fully saturated rings. The molecular formula is C23H27N3O3. The standard InChI is InChI=1S/C23H27N3O3/c1-5-14-29-22-24-20(26(25-22)23(2,3)4)15-16-10-12-17(13-11-16)18-8-6-7-9-19(18)21(27)28/h6-13H,5,14-15H2,1-4H3,(H,27,28). The molecule has 0 radical (unpaired) electrons. The number of ether oxygens (including phenoxy) is 1. The van der Waals surface area contributed by atoms with E-state index in [4.69, 9.17) is 4.74 Å². The highest BCUT2D eigenvalue weighted by Gasteiger charge is 2.22. The summed E-state index contributed by atoms with van der Waals surface area (Å²) >= 11 is 0. The SMILES string of the molecule is CCCOc1nc(Cc2ccc(-c3ccccc3C(=O)O)cc2)n(C(C)(C)C)n1. The zero-order valence-corrected chi connectivity index (χ0v) is 17.3. The van der Waals surface area contributed by atoms with Crippen molar-refractivity contribution in [1.29, 1.82) is 0 Å². The van der Waals surface area contributed by atoms with Gasteiger partial charge in [-0.3, -0.25) is 0 Å². The van der Waals surface area contributed by atoms with Crippen molar-refractivity contribution >= 4 is 5.97 Å². The van der Waals surface area contributed by atoms with Crippen LogP contribution in [-0.2, 0) is 12.0 Å². The number of aromatic nitrogens is 3. The summed E-state index contributed by atoms with van der Waals surface area (Å²) in [5, 5.41) is 13.9. The van der Waals surface area contributed by atoms with Crippen LogP contribution < -0.4 is 4.74 Å². The Morgan fingerprint density at radius 3 is 2.41 bits per heavy atom. The average Bonchev–Trinajstić information content (AvgIpc) is 3.10. The second kappa shape index (κ2) is 8.47. The van der Waals surface area contributed by atoms with Crippen molar-refractivity contribution in [1.82, 2.24) is 14.8 Å². The molecule has 1 N–H and O–H groups in total. The topological polar surface area (TPSA) is 77.2 Å². The number of benzene rings is 2. The largest absolute Gasteiger partial charge is 0.478 e. The molecule has 29 heavy (non-hydrogen) atoms. The molecule has 0 bridgehead atoms. The van der Waals surface area contributed by atoms with Crippen LogP contribution in [0.4, 0.5) is 0 Å². The van der Waals surface area contributed by atoms with Crippen LogP contribution in [0.25, 0.3) is 11.1 Å². The lowest BCUT2D eigenvalue weighted by Gasteiger charge is -2.21. The first-order chi connectivity index (χ1) is 13.8. The lowest BCUT2D eigenvalue weighted by molar-refractivity contribution is 0.0697. The van der Waals surface area contributed by atoms with Crippen molar-refractivity contribution < 1.29 is 14.6 Å².